The van der Waals surface area contributed by atoms with E-state index < -0.39 is 0 Å². The van der Waals surface area contributed by atoms with Crippen molar-refractivity contribution in [1.29, 1.82) is 0 Å². The van der Waals surface area contributed by atoms with Gasteiger partial charge < -0.3 is 9.47 Å². The van der Waals surface area contributed by atoms with Crippen LogP contribution in [0.3, 0.4) is 0 Å². The number of ether oxygens (including phenoxy) is 2. The van der Waals surface area contributed by atoms with E-state index in [1.165, 1.54) is 12.5 Å². The molecular formula is C19H18N4O3. The van der Waals surface area contributed by atoms with Gasteiger partial charge in [0.1, 0.15) is 18.3 Å². The molecule has 1 aliphatic carbocycles. The predicted octanol–water partition coefficient (Wildman–Crippen LogP) is 3.54. The van der Waals surface area contributed by atoms with Gasteiger partial charge in [-0.1, -0.05) is 23.8 Å². The molecule has 2 aromatic rings. The first-order valence-electron chi connectivity index (χ1n) is 8.39. The smallest absolute Gasteiger partial charge is 0.249 e. The molecule has 2 aromatic heterocycles. The Labute approximate surface area is 150 Å². The molecule has 0 spiro atoms. The quantitative estimate of drug-likeness (QED) is 0.912. The van der Waals surface area contributed by atoms with Crippen molar-refractivity contribution in [2.45, 2.75) is 26.2 Å². The number of allylic oxidation sites excluding steroid dienone is 4. The number of rotatable bonds is 4. The molecule has 0 bridgehead atoms. The minimum absolute atomic E-state index is 0.213. The normalized spacial score (nSPS) is 16.3. The van der Waals surface area contributed by atoms with Crippen molar-refractivity contribution < 1.29 is 14.3 Å². The minimum atomic E-state index is -0.213. The summed E-state index contributed by atoms with van der Waals surface area (Å²) in [6.45, 7) is 1.42. The Balaban J connectivity index is 1.51. The summed E-state index contributed by atoms with van der Waals surface area (Å²) in [5.74, 6) is 1.42. The first-order valence-corrected chi connectivity index (χ1v) is 8.39. The maximum atomic E-state index is 11.1. The lowest BCUT2D eigenvalue weighted by Gasteiger charge is -2.18. The van der Waals surface area contributed by atoms with Gasteiger partial charge in [0.15, 0.2) is 11.4 Å². The van der Waals surface area contributed by atoms with Crippen molar-refractivity contribution in [3.05, 3.63) is 66.0 Å². The van der Waals surface area contributed by atoms with Crippen LogP contribution in [0.25, 0.3) is 11.4 Å². The van der Waals surface area contributed by atoms with Crippen LogP contribution in [-0.2, 0) is 14.3 Å². The van der Waals surface area contributed by atoms with E-state index in [2.05, 4.69) is 33.6 Å². The Morgan fingerprint density at radius 3 is 3.08 bits per heavy atom. The van der Waals surface area contributed by atoms with Crippen LogP contribution < -0.4 is 5.32 Å². The fraction of sp³-hybridized carbons (Fsp3) is 0.211. The third-order valence-electron chi connectivity index (χ3n) is 4.02. The molecule has 7 heteroatoms. The highest BCUT2D eigenvalue weighted by Crippen LogP contribution is 2.28. The van der Waals surface area contributed by atoms with E-state index in [1.807, 2.05) is 12.1 Å². The van der Waals surface area contributed by atoms with E-state index in [1.54, 1.807) is 23.2 Å². The predicted molar refractivity (Wildman–Crippen MR) is 96.6 cm³/mol. The molecule has 7 nitrogen and oxygen atoms in total. The monoisotopic (exact) mass is 350 g/mol. The number of hydrogen-bond donors (Lipinski definition) is 1. The molecule has 0 radical (unpaired) electrons. The van der Waals surface area contributed by atoms with Crippen molar-refractivity contribution in [2.24, 2.45) is 0 Å². The van der Waals surface area contributed by atoms with Crippen molar-refractivity contribution in [2.75, 3.05) is 5.32 Å². The zero-order valence-corrected chi connectivity index (χ0v) is 14.3. The molecular weight excluding hydrogens is 332 g/mol. The van der Waals surface area contributed by atoms with Crippen LogP contribution >= 0.6 is 0 Å². The van der Waals surface area contributed by atoms with Gasteiger partial charge in [-0.05, 0) is 25.0 Å². The van der Waals surface area contributed by atoms with Gasteiger partial charge >= 0.3 is 0 Å². The van der Waals surface area contributed by atoms with Gasteiger partial charge in [-0.15, -0.1) is 5.10 Å². The summed E-state index contributed by atoms with van der Waals surface area (Å²) in [5, 5.41) is 6.81. The molecule has 0 saturated heterocycles. The second-order valence-corrected chi connectivity index (χ2v) is 6.11. The Bertz CT molecular complexity index is 982. The minimum Gasteiger partial charge on any atom is -0.465 e. The van der Waals surface area contributed by atoms with E-state index in [0.29, 0.717) is 11.4 Å². The van der Waals surface area contributed by atoms with Crippen molar-refractivity contribution in [1.82, 2.24) is 14.6 Å². The molecule has 0 unspecified atom stereocenters. The maximum Gasteiger partial charge on any atom is 0.249 e. The average Bonchev–Trinajstić information content (AvgIpc) is 3.03. The topological polar surface area (TPSA) is 77.8 Å². The van der Waals surface area contributed by atoms with Crippen LogP contribution in [0.1, 0.15) is 31.7 Å². The lowest BCUT2D eigenvalue weighted by molar-refractivity contribution is -0.114. The number of hydrogen-bond acceptors (Lipinski definition) is 5. The van der Waals surface area contributed by atoms with E-state index in [9.17, 15) is 4.79 Å². The van der Waals surface area contributed by atoms with Crippen LogP contribution in [0.2, 0.25) is 0 Å². The molecule has 1 amide bonds. The zero-order chi connectivity index (χ0) is 17.9. The first-order chi connectivity index (χ1) is 12.7. The van der Waals surface area contributed by atoms with E-state index in [-0.39, 0.29) is 11.9 Å². The van der Waals surface area contributed by atoms with E-state index in [0.717, 1.165) is 30.6 Å². The number of aromatic nitrogens is 3. The van der Waals surface area contributed by atoms with E-state index >= 15 is 0 Å². The highest BCUT2D eigenvalue weighted by atomic mass is 16.5. The number of nitrogens with zero attached hydrogens (tertiary/aromatic N) is 3. The Hall–Kier alpha value is -3.35. The van der Waals surface area contributed by atoms with Crippen LogP contribution in [0.4, 0.5) is 5.95 Å². The number of fused-ring (bicyclic) bond motifs is 1. The standard InChI is InChI=1S/C19H18N4O3/c1-13(24)20-19-21-18-8-7-15(10-23(18)22-19)17-12-25-11-16(26-17)9-14-5-3-2-4-6-14/h2-3,5,7-8,10-12H,4,6,9H2,1H3,(H,20,22,24). The van der Waals surface area contributed by atoms with Gasteiger partial charge in [0, 0.05) is 25.1 Å². The molecule has 0 aromatic carbocycles. The SMILES string of the molecule is CC(=O)Nc1nc2ccc(C3=COC=C(CC4=CC=CCC4)O3)cn2n1. The number of anilines is 1. The lowest BCUT2D eigenvalue weighted by Crippen LogP contribution is -2.07. The number of carbonyl (C=O) groups is 1. The first kappa shape index (κ1) is 16.1. The number of carbonyl (C=O) groups excluding carboxylic acids is 1. The van der Waals surface area contributed by atoms with Gasteiger partial charge in [-0.25, -0.2) is 4.52 Å². The maximum absolute atomic E-state index is 11.1. The molecule has 1 N–H and O–H groups in total. The highest BCUT2D eigenvalue weighted by molar-refractivity contribution is 5.86. The average molecular weight is 350 g/mol. The summed E-state index contributed by atoms with van der Waals surface area (Å²) in [7, 11) is 0. The highest BCUT2D eigenvalue weighted by Gasteiger charge is 2.15. The number of amides is 1. The third-order valence-corrected chi connectivity index (χ3v) is 4.02. The zero-order valence-electron chi connectivity index (χ0n) is 14.3. The van der Waals surface area contributed by atoms with Crippen LogP contribution in [0.15, 0.2) is 60.4 Å². The summed E-state index contributed by atoms with van der Waals surface area (Å²) in [6.07, 6.45) is 14.1. The molecule has 0 saturated carbocycles. The largest absolute Gasteiger partial charge is 0.465 e. The van der Waals surface area contributed by atoms with Crippen molar-refractivity contribution >= 4 is 23.3 Å². The van der Waals surface area contributed by atoms with Gasteiger partial charge in [0.25, 0.3) is 0 Å². The van der Waals surface area contributed by atoms with Crippen molar-refractivity contribution in [3.63, 3.8) is 0 Å². The Kier molecular flexibility index (Phi) is 4.27. The summed E-state index contributed by atoms with van der Waals surface area (Å²) in [6, 6.07) is 3.69. The van der Waals surface area contributed by atoms with E-state index in [4.69, 9.17) is 9.47 Å². The molecule has 132 valence electrons. The molecule has 2 aliphatic rings. The molecule has 0 fully saturated rings. The number of nitrogens with one attached hydrogen (secondary N) is 1. The van der Waals surface area contributed by atoms with Crippen LogP contribution in [-0.4, -0.2) is 20.5 Å². The fourth-order valence-electron chi connectivity index (χ4n) is 2.83. The Morgan fingerprint density at radius 1 is 1.35 bits per heavy atom. The molecule has 0 atom stereocenters. The summed E-state index contributed by atoms with van der Waals surface area (Å²) < 4.78 is 13.1. The van der Waals surface area contributed by atoms with Crippen LogP contribution in [0, 0.1) is 0 Å². The fourth-order valence-corrected chi connectivity index (χ4v) is 2.83. The van der Waals surface area contributed by atoms with Crippen molar-refractivity contribution in [3.8, 4) is 0 Å². The second-order valence-electron chi connectivity index (χ2n) is 6.11. The lowest BCUT2D eigenvalue weighted by atomic mass is 10.0. The van der Waals surface area contributed by atoms with Gasteiger partial charge in [-0.2, -0.15) is 4.98 Å². The summed E-state index contributed by atoms with van der Waals surface area (Å²) >= 11 is 0. The van der Waals surface area contributed by atoms with Gasteiger partial charge in [-0.3, -0.25) is 10.1 Å². The second kappa shape index (κ2) is 6.87. The van der Waals surface area contributed by atoms with Crippen LogP contribution in [0.5, 0.6) is 0 Å². The van der Waals surface area contributed by atoms with Gasteiger partial charge in [0.05, 0.1) is 0 Å². The number of pyridine rings is 1. The molecule has 26 heavy (non-hydrogen) atoms. The van der Waals surface area contributed by atoms with Gasteiger partial charge in [0.2, 0.25) is 11.9 Å². The Morgan fingerprint density at radius 2 is 2.27 bits per heavy atom. The summed E-state index contributed by atoms with van der Waals surface area (Å²) in [5.41, 5.74) is 2.75. The summed E-state index contributed by atoms with van der Waals surface area (Å²) in [4.78, 5) is 15.4. The third kappa shape index (κ3) is 3.51. The molecule has 3 heterocycles. The molecule has 4 rings (SSSR count). The molecule has 1 aliphatic heterocycles.